The third-order valence-electron chi connectivity index (χ3n) is 1.80. The Morgan fingerprint density at radius 2 is 1.47 bits per heavy atom. The van der Waals surface area contributed by atoms with E-state index in [1.54, 1.807) is 12.1 Å². The fraction of sp³-hybridized carbons (Fsp3) is 0.267. The molecule has 92 valence electrons. The van der Waals surface area contributed by atoms with Crippen LogP contribution in [0.2, 0.25) is 0 Å². The number of furan rings is 1. The predicted molar refractivity (Wildman–Crippen MR) is 72.2 cm³/mol. The second-order valence-corrected chi connectivity index (χ2v) is 2.69. The molecule has 0 bridgehead atoms. The maximum atomic E-state index is 10.4. The molecule has 2 nitrogen and oxygen atoms in total. The molecular weight excluding hydrogens is 212 g/mol. The summed E-state index contributed by atoms with van der Waals surface area (Å²) < 4.78 is 5.25. The Hall–Kier alpha value is -1.83. The van der Waals surface area contributed by atoms with Crippen molar-refractivity contribution in [1.82, 2.24) is 0 Å². The Morgan fingerprint density at radius 3 is 1.94 bits per heavy atom. The lowest BCUT2D eigenvalue weighted by molar-refractivity contribution is 0.110. The van der Waals surface area contributed by atoms with E-state index in [2.05, 4.69) is 0 Å². The lowest BCUT2D eigenvalue weighted by Crippen LogP contribution is -1.71. The van der Waals surface area contributed by atoms with Crippen LogP contribution in [0.1, 0.15) is 38.2 Å². The van der Waals surface area contributed by atoms with E-state index in [4.69, 9.17) is 4.42 Å². The maximum Gasteiger partial charge on any atom is 0.185 e. The van der Waals surface area contributed by atoms with Gasteiger partial charge in [-0.1, -0.05) is 58.0 Å². The van der Waals surface area contributed by atoms with E-state index in [1.165, 1.54) is 0 Å². The van der Waals surface area contributed by atoms with Crippen LogP contribution in [0.25, 0.3) is 11.3 Å². The van der Waals surface area contributed by atoms with Crippen LogP contribution in [0.5, 0.6) is 0 Å². The van der Waals surface area contributed by atoms with Crippen LogP contribution in [0.4, 0.5) is 0 Å². The van der Waals surface area contributed by atoms with Crippen molar-refractivity contribution in [2.45, 2.75) is 27.7 Å². The first-order chi connectivity index (χ1) is 8.40. The quantitative estimate of drug-likeness (QED) is 0.695. The molecular formula is C15H20O2. The van der Waals surface area contributed by atoms with Gasteiger partial charge in [0.1, 0.15) is 5.76 Å². The van der Waals surface area contributed by atoms with Gasteiger partial charge in [0.2, 0.25) is 0 Å². The highest BCUT2D eigenvalue weighted by Gasteiger charge is 2.01. The fourth-order valence-electron chi connectivity index (χ4n) is 1.17. The van der Waals surface area contributed by atoms with Gasteiger partial charge >= 0.3 is 0 Å². The number of hydrogen-bond acceptors (Lipinski definition) is 2. The first-order valence-electron chi connectivity index (χ1n) is 6.00. The van der Waals surface area contributed by atoms with Gasteiger partial charge in [-0.05, 0) is 12.1 Å². The average molecular weight is 232 g/mol. The Labute approximate surface area is 103 Å². The standard InChI is InChI=1S/C11H8O2.2C2H6/c12-8-10-6-7-11(13-10)9-4-2-1-3-5-9;2*1-2/h1-8H;2*1-2H3. The van der Waals surface area contributed by atoms with Gasteiger partial charge in [-0.3, -0.25) is 4.79 Å². The third kappa shape index (κ3) is 4.68. The number of hydrogen-bond donors (Lipinski definition) is 0. The zero-order valence-corrected chi connectivity index (χ0v) is 10.9. The molecule has 1 aromatic heterocycles. The molecule has 1 heterocycles. The molecule has 0 fully saturated rings. The number of aldehydes is 1. The van der Waals surface area contributed by atoms with E-state index in [0.717, 1.165) is 11.3 Å². The first kappa shape index (κ1) is 15.2. The van der Waals surface area contributed by atoms with Crippen LogP contribution in [0.3, 0.4) is 0 Å². The van der Waals surface area contributed by atoms with Crippen LogP contribution in [0, 0.1) is 0 Å². The highest BCUT2D eigenvalue weighted by atomic mass is 16.3. The molecule has 0 N–H and O–H groups in total. The number of rotatable bonds is 2. The van der Waals surface area contributed by atoms with E-state index >= 15 is 0 Å². The van der Waals surface area contributed by atoms with Gasteiger partial charge in [0.05, 0.1) is 0 Å². The molecule has 0 saturated heterocycles. The molecule has 0 unspecified atom stereocenters. The lowest BCUT2D eigenvalue weighted by Gasteiger charge is -1.93. The van der Waals surface area contributed by atoms with Gasteiger partial charge in [0, 0.05) is 5.56 Å². The smallest absolute Gasteiger partial charge is 0.185 e. The van der Waals surface area contributed by atoms with Crippen LogP contribution >= 0.6 is 0 Å². The van der Waals surface area contributed by atoms with E-state index in [-0.39, 0.29) is 0 Å². The molecule has 2 heteroatoms. The highest BCUT2D eigenvalue weighted by Crippen LogP contribution is 2.20. The summed E-state index contributed by atoms with van der Waals surface area (Å²) in [6.45, 7) is 8.00. The molecule has 17 heavy (non-hydrogen) atoms. The van der Waals surface area contributed by atoms with Crippen molar-refractivity contribution in [3.05, 3.63) is 48.2 Å². The summed E-state index contributed by atoms with van der Waals surface area (Å²) in [5, 5.41) is 0. The van der Waals surface area contributed by atoms with Gasteiger partial charge in [-0.25, -0.2) is 0 Å². The second kappa shape index (κ2) is 9.40. The van der Waals surface area contributed by atoms with Gasteiger partial charge in [-0.2, -0.15) is 0 Å². The van der Waals surface area contributed by atoms with Crippen LogP contribution in [-0.4, -0.2) is 6.29 Å². The average Bonchev–Trinajstić information content (AvgIpc) is 2.93. The Balaban J connectivity index is 0.000000581. The van der Waals surface area contributed by atoms with E-state index < -0.39 is 0 Å². The molecule has 0 spiro atoms. The zero-order valence-electron chi connectivity index (χ0n) is 10.9. The summed E-state index contributed by atoms with van der Waals surface area (Å²) in [4.78, 5) is 10.4. The molecule has 0 saturated carbocycles. The summed E-state index contributed by atoms with van der Waals surface area (Å²) in [6.07, 6.45) is 0.701. The summed E-state index contributed by atoms with van der Waals surface area (Å²) in [7, 11) is 0. The molecule has 0 atom stereocenters. The van der Waals surface area contributed by atoms with Crippen LogP contribution in [0.15, 0.2) is 46.9 Å². The van der Waals surface area contributed by atoms with Gasteiger partial charge in [-0.15, -0.1) is 0 Å². The molecule has 0 aliphatic rings. The van der Waals surface area contributed by atoms with Gasteiger partial charge in [0.15, 0.2) is 12.0 Å². The number of benzene rings is 1. The highest BCUT2D eigenvalue weighted by molar-refractivity contribution is 5.72. The SMILES string of the molecule is CC.CC.O=Cc1ccc(-c2ccccc2)o1. The van der Waals surface area contributed by atoms with Crippen LogP contribution in [-0.2, 0) is 0 Å². The first-order valence-corrected chi connectivity index (χ1v) is 6.00. The summed E-state index contributed by atoms with van der Waals surface area (Å²) in [5.74, 6) is 1.08. The normalized spacial score (nSPS) is 8.24. The van der Waals surface area contributed by atoms with Crippen molar-refractivity contribution < 1.29 is 9.21 Å². The lowest BCUT2D eigenvalue weighted by atomic mass is 10.2. The van der Waals surface area contributed by atoms with Gasteiger partial charge < -0.3 is 4.42 Å². The van der Waals surface area contributed by atoms with Crippen molar-refractivity contribution in [3.8, 4) is 11.3 Å². The monoisotopic (exact) mass is 232 g/mol. The van der Waals surface area contributed by atoms with Crippen molar-refractivity contribution in [2.75, 3.05) is 0 Å². The van der Waals surface area contributed by atoms with E-state index in [0.29, 0.717) is 12.0 Å². The summed E-state index contributed by atoms with van der Waals surface area (Å²) in [5.41, 5.74) is 0.982. The molecule has 0 amide bonds. The minimum absolute atomic E-state index is 0.360. The molecule has 2 rings (SSSR count). The zero-order chi connectivity index (χ0) is 13.1. The maximum absolute atomic E-state index is 10.4. The molecule has 2 aromatic rings. The molecule has 1 aromatic carbocycles. The summed E-state index contributed by atoms with van der Waals surface area (Å²) in [6, 6.07) is 13.1. The Bertz CT molecular complexity index is 402. The largest absolute Gasteiger partial charge is 0.453 e. The van der Waals surface area contributed by atoms with E-state index in [1.807, 2.05) is 58.0 Å². The number of carbonyl (C=O) groups excluding carboxylic acids is 1. The minimum atomic E-state index is 0.360. The fourth-order valence-corrected chi connectivity index (χ4v) is 1.17. The third-order valence-corrected chi connectivity index (χ3v) is 1.80. The van der Waals surface area contributed by atoms with Crippen LogP contribution < -0.4 is 0 Å². The Morgan fingerprint density at radius 1 is 0.882 bits per heavy atom. The van der Waals surface area contributed by atoms with E-state index in [9.17, 15) is 4.79 Å². The molecule has 0 radical (unpaired) electrons. The molecule has 0 aliphatic carbocycles. The second-order valence-electron chi connectivity index (χ2n) is 2.69. The Kier molecular flexibility index (Phi) is 8.39. The number of carbonyl (C=O) groups is 1. The van der Waals surface area contributed by atoms with Crippen molar-refractivity contribution >= 4 is 6.29 Å². The predicted octanol–water partition coefficient (Wildman–Crippen LogP) is 4.81. The van der Waals surface area contributed by atoms with Crippen molar-refractivity contribution in [3.63, 3.8) is 0 Å². The van der Waals surface area contributed by atoms with Gasteiger partial charge in [0.25, 0.3) is 0 Å². The summed E-state index contributed by atoms with van der Waals surface area (Å²) >= 11 is 0. The topological polar surface area (TPSA) is 30.2 Å². The minimum Gasteiger partial charge on any atom is -0.453 e. The van der Waals surface area contributed by atoms with Crippen molar-refractivity contribution in [1.29, 1.82) is 0 Å². The molecule has 0 aliphatic heterocycles. The van der Waals surface area contributed by atoms with Crippen molar-refractivity contribution in [2.24, 2.45) is 0 Å².